The van der Waals surface area contributed by atoms with Crippen LogP contribution >= 0.6 is 11.8 Å². The normalized spacial score (nSPS) is 16.6. The first-order valence-electron chi connectivity index (χ1n) is 8.02. The highest BCUT2D eigenvalue weighted by Gasteiger charge is 2.23. The fraction of sp³-hybridized carbons (Fsp3) is 0.150. The predicted octanol–water partition coefficient (Wildman–Crippen LogP) is 4.10. The van der Waals surface area contributed by atoms with E-state index in [0.717, 1.165) is 22.4 Å². The van der Waals surface area contributed by atoms with E-state index in [1.807, 2.05) is 50.2 Å². The smallest absolute Gasteiger partial charge is 0.264 e. The van der Waals surface area contributed by atoms with Crippen LogP contribution in [-0.2, 0) is 4.79 Å². The van der Waals surface area contributed by atoms with Crippen LogP contribution in [0.4, 0.5) is 5.69 Å². The summed E-state index contributed by atoms with van der Waals surface area (Å²) in [6.45, 7) is 4.02. The molecule has 0 spiro atoms. The van der Waals surface area contributed by atoms with Crippen molar-refractivity contribution < 1.29 is 9.53 Å². The second-order valence-electron chi connectivity index (χ2n) is 5.79. The Morgan fingerprint density at radius 1 is 1.23 bits per heavy atom. The van der Waals surface area contributed by atoms with Gasteiger partial charge in [-0.15, -0.1) is 0 Å². The predicted molar refractivity (Wildman–Crippen MR) is 104 cm³/mol. The first-order chi connectivity index (χ1) is 12.5. The van der Waals surface area contributed by atoms with Crippen molar-refractivity contribution in [3.8, 4) is 11.8 Å². The Hall–Kier alpha value is -3.04. The Bertz CT molecular complexity index is 941. The summed E-state index contributed by atoms with van der Waals surface area (Å²) in [6.07, 6.45) is 1.81. The minimum atomic E-state index is -0.163. The van der Waals surface area contributed by atoms with Gasteiger partial charge in [0.25, 0.3) is 5.91 Å². The lowest BCUT2D eigenvalue weighted by molar-refractivity contribution is -0.115. The molecule has 0 aromatic heterocycles. The minimum Gasteiger partial charge on any atom is -0.479 e. The van der Waals surface area contributed by atoms with Crippen molar-refractivity contribution in [1.29, 1.82) is 5.26 Å². The van der Waals surface area contributed by atoms with Gasteiger partial charge in [0.15, 0.2) is 11.8 Å². The van der Waals surface area contributed by atoms with E-state index in [9.17, 15) is 4.79 Å². The van der Waals surface area contributed by atoms with Crippen LogP contribution in [0, 0.1) is 25.2 Å². The Morgan fingerprint density at radius 3 is 2.73 bits per heavy atom. The number of hydrogen-bond acceptors (Lipinski definition) is 5. The molecular weight excluding hydrogens is 346 g/mol. The van der Waals surface area contributed by atoms with E-state index < -0.39 is 0 Å². The Balaban J connectivity index is 1.77. The number of hydrogen-bond donors (Lipinski definition) is 1. The van der Waals surface area contributed by atoms with E-state index in [0.29, 0.717) is 15.8 Å². The van der Waals surface area contributed by atoms with Crippen LogP contribution in [0.15, 0.2) is 52.4 Å². The van der Waals surface area contributed by atoms with E-state index >= 15 is 0 Å². The number of thioether (sulfide) groups is 1. The van der Waals surface area contributed by atoms with Crippen LogP contribution in [-0.4, -0.2) is 17.7 Å². The molecular formula is C20H17N3O2S. The van der Waals surface area contributed by atoms with Crippen molar-refractivity contribution in [3.05, 3.63) is 64.1 Å². The molecule has 1 N–H and O–H groups in total. The summed E-state index contributed by atoms with van der Waals surface area (Å²) in [5.41, 5.74) is 3.91. The highest BCUT2D eigenvalue weighted by atomic mass is 32.2. The van der Waals surface area contributed by atoms with Gasteiger partial charge < -0.3 is 10.1 Å². The summed E-state index contributed by atoms with van der Waals surface area (Å²) in [5.74, 6) is 0.457. The number of rotatable bonds is 4. The lowest BCUT2D eigenvalue weighted by atomic mass is 10.1. The molecule has 0 aliphatic carbocycles. The molecule has 0 radical (unpaired) electrons. The van der Waals surface area contributed by atoms with Crippen molar-refractivity contribution in [2.45, 2.75) is 13.8 Å². The zero-order valence-electron chi connectivity index (χ0n) is 14.4. The summed E-state index contributed by atoms with van der Waals surface area (Å²) in [7, 11) is 0. The quantitative estimate of drug-likeness (QED) is 0.830. The van der Waals surface area contributed by atoms with E-state index in [1.54, 1.807) is 18.2 Å². The second-order valence-corrected chi connectivity index (χ2v) is 6.82. The number of nitrogens with one attached hydrogen (secondary N) is 1. The molecule has 1 fully saturated rings. The second kappa shape index (κ2) is 7.89. The number of carbonyl (C=O) groups excluding carboxylic acids is 1. The average molecular weight is 363 g/mol. The average Bonchev–Trinajstić information content (AvgIpc) is 2.96. The molecule has 2 aromatic carbocycles. The van der Waals surface area contributed by atoms with E-state index in [2.05, 4.69) is 10.3 Å². The number of amidine groups is 1. The number of benzene rings is 2. The molecule has 26 heavy (non-hydrogen) atoms. The summed E-state index contributed by atoms with van der Waals surface area (Å²) in [5, 5.41) is 11.9. The van der Waals surface area contributed by atoms with Crippen LogP contribution in [0.25, 0.3) is 6.08 Å². The van der Waals surface area contributed by atoms with Crippen LogP contribution in [0.2, 0.25) is 0 Å². The molecule has 2 aromatic rings. The Labute approximate surface area is 156 Å². The molecule has 1 aliphatic rings. The van der Waals surface area contributed by atoms with Crippen molar-refractivity contribution in [2.75, 3.05) is 6.61 Å². The van der Waals surface area contributed by atoms with E-state index in [-0.39, 0.29) is 12.5 Å². The summed E-state index contributed by atoms with van der Waals surface area (Å²) in [4.78, 5) is 17.3. The van der Waals surface area contributed by atoms with Gasteiger partial charge in [-0.25, -0.2) is 4.99 Å². The largest absolute Gasteiger partial charge is 0.479 e. The molecule has 0 saturated carbocycles. The fourth-order valence-electron chi connectivity index (χ4n) is 2.36. The fourth-order valence-corrected chi connectivity index (χ4v) is 3.19. The molecule has 1 aliphatic heterocycles. The molecule has 0 bridgehead atoms. The van der Waals surface area contributed by atoms with Gasteiger partial charge in [0.2, 0.25) is 0 Å². The first-order valence-corrected chi connectivity index (χ1v) is 8.83. The molecule has 130 valence electrons. The molecule has 6 heteroatoms. The van der Waals surface area contributed by atoms with Crippen molar-refractivity contribution >= 4 is 34.6 Å². The lowest BCUT2D eigenvalue weighted by Gasteiger charge is -2.02. The maximum absolute atomic E-state index is 12.2. The molecule has 1 amide bonds. The summed E-state index contributed by atoms with van der Waals surface area (Å²) < 4.78 is 5.22. The van der Waals surface area contributed by atoms with Crippen LogP contribution in [0.1, 0.15) is 16.7 Å². The summed E-state index contributed by atoms with van der Waals surface area (Å²) in [6, 6.07) is 15.2. The standard InChI is InChI=1S/C20H17N3O2S/c1-13-3-4-14(2)17(11-13)22-20-23-19(24)18(26-20)12-15-5-7-16(8-6-15)25-10-9-21/h3-8,11-12H,10H2,1-2H3,(H,22,23,24)/b18-12+. The molecule has 1 saturated heterocycles. The van der Waals surface area contributed by atoms with E-state index in [1.165, 1.54) is 11.8 Å². The summed E-state index contributed by atoms with van der Waals surface area (Å²) >= 11 is 1.32. The number of ether oxygens (including phenoxy) is 1. The number of aryl methyl sites for hydroxylation is 2. The Kier molecular flexibility index (Phi) is 5.40. The number of nitriles is 1. The highest BCUT2D eigenvalue weighted by molar-refractivity contribution is 8.18. The third-order valence-corrected chi connectivity index (χ3v) is 4.63. The van der Waals surface area contributed by atoms with Gasteiger partial charge >= 0.3 is 0 Å². The maximum atomic E-state index is 12.2. The number of aliphatic imine (C=N–C) groups is 1. The monoisotopic (exact) mass is 363 g/mol. The van der Waals surface area contributed by atoms with Gasteiger partial charge in [0.1, 0.15) is 11.8 Å². The van der Waals surface area contributed by atoms with Crippen molar-refractivity contribution in [2.24, 2.45) is 4.99 Å². The van der Waals surface area contributed by atoms with Gasteiger partial charge in [-0.3, -0.25) is 4.79 Å². The first kappa shape index (κ1) is 17.8. The van der Waals surface area contributed by atoms with E-state index in [4.69, 9.17) is 10.00 Å². The third kappa shape index (κ3) is 4.32. The van der Waals surface area contributed by atoms with Gasteiger partial charge in [-0.05, 0) is 66.6 Å². The zero-order chi connectivity index (χ0) is 18.5. The Morgan fingerprint density at radius 2 is 2.00 bits per heavy atom. The molecule has 3 rings (SSSR count). The maximum Gasteiger partial charge on any atom is 0.264 e. The van der Waals surface area contributed by atoms with Crippen molar-refractivity contribution in [3.63, 3.8) is 0 Å². The topological polar surface area (TPSA) is 74.5 Å². The van der Waals surface area contributed by atoms with Crippen LogP contribution < -0.4 is 10.1 Å². The van der Waals surface area contributed by atoms with Gasteiger partial charge in [0.05, 0.1) is 10.6 Å². The number of nitrogens with zero attached hydrogens (tertiary/aromatic N) is 2. The minimum absolute atomic E-state index is 0.0108. The van der Waals surface area contributed by atoms with Crippen LogP contribution in [0.3, 0.4) is 0 Å². The van der Waals surface area contributed by atoms with Crippen LogP contribution in [0.5, 0.6) is 5.75 Å². The number of amides is 1. The number of carbonyl (C=O) groups is 1. The van der Waals surface area contributed by atoms with Gasteiger partial charge in [-0.1, -0.05) is 24.3 Å². The molecule has 0 atom stereocenters. The molecule has 5 nitrogen and oxygen atoms in total. The third-order valence-electron chi connectivity index (χ3n) is 3.72. The molecule has 0 unspecified atom stereocenters. The van der Waals surface area contributed by atoms with Gasteiger partial charge in [0, 0.05) is 0 Å². The zero-order valence-corrected chi connectivity index (χ0v) is 15.3. The SMILES string of the molecule is Cc1ccc(C)c(N=C2NC(=O)/C(=C\c3ccc(OCC#N)cc3)S2)c1. The van der Waals surface area contributed by atoms with Gasteiger partial charge in [-0.2, -0.15) is 5.26 Å². The molecule has 1 heterocycles. The van der Waals surface area contributed by atoms with Crippen molar-refractivity contribution in [1.82, 2.24) is 5.32 Å². The lowest BCUT2D eigenvalue weighted by Crippen LogP contribution is -2.19. The highest BCUT2D eigenvalue weighted by Crippen LogP contribution is 2.29.